The molecule has 88 valence electrons. The molecule has 1 aliphatic rings. The zero-order chi connectivity index (χ0) is 11.6. The number of nitrogens with zero attached hydrogens (tertiary/aromatic N) is 1. The molecule has 0 unspecified atom stereocenters. The first kappa shape index (κ1) is 11.6. The summed E-state index contributed by atoms with van der Waals surface area (Å²) in [6.07, 6.45) is 1.09. The first-order valence-electron chi connectivity index (χ1n) is 6.01. The second kappa shape index (κ2) is 4.56. The fourth-order valence-corrected chi connectivity index (χ4v) is 2.66. The first-order chi connectivity index (χ1) is 7.62. The lowest BCUT2D eigenvalue weighted by molar-refractivity contribution is 0.164. The van der Waals surface area contributed by atoms with Crippen LogP contribution in [0, 0.1) is 5.92 Å². The minimum atomic E-state index is 0.212. The maximum absolute atomic E-state index is 9.26. The van der Waals surface area contributed by atoms with Gasteiger partial charge in [0, 0.05) is 25.2 Å². The van der Waals surface area contributed by atoms with E-state index < -0.39 is 0 Å². The van der Waals surface area contributed by atoms with Gasteiger partial charge >= 0.3 is 0 Å². The van der Waals surface area contributed by atoms with Crippen LogP contribution < -0.4 is 0 Å². The second-order valence-corrected chi connectivity index (χ2v) is 5.43. The molecule has 0 amide bonds. The molecule has 1 N–H and O–H groups in total. The molecule has 1 aliphatic heterocycles. The van der Waals surface area contributed by atoms with Crippen LogP contribution in [0.15, 0.2) is 30.3 Å². The Labute approximate surface area is 97.9 Å². The highest BCUT2D eigenvalue weighted by Crippen LogP contribution is 2.33. The minimum Gasteiger partial charge on any atom is -0.396 e. The van der Waals surface area contributed by atoms with Gasteiger partial charge in [-0.2, -0.15) is 0 Å². The molecule has 0 radical (unpaired) electrons. The van der Waals surface area contributed by atoms with Crippen LogP contribution in [0.25, 0.3) is 0 Å². The normalized spacial score (nSPS) is 24.8. The Morgan fingerprint density at radius 1 is 1.31 bits per heavy atom. The van der Waals surface area contributed by atoms with Crippen LogP contribution >= 0.6 is 0 Å². The van der Waals surface area contributed by atoms with Crippen molar-refractivity contribution in [2.75, 3.05) is 13.2 Å². The summed E-state index contributed by atoms with van der Waals surface area (Å²) in [5.74, 6) is 0.443. The summed E-state index contributed by atoms with van der Waals surface area (Å²) in [7, 11) is 0. The quantitative estimate of drug-likeness (QED) is 0.843. The SMILES string of the molecule is CC1(C)C[C@@H](CO)CN1Cc1ccccc1. The number of benzene rings is 1. The van der Waals surface area contributed by atoms with Crippen molar-refractivity contribution in [3.05, 3.63) is 35.9 Å². The van der Waals surface area contributed by atoms with E-state index in [9.17, 15) is 5.11 Å². The largest absolute Gasteiger partial charge is 0.396 e. The molecular weight excluding hydrogens is 198 g/mol. The lowest BCUT2D eigenvalue weighted by atomic mass is 9.97. The topological polar surface area (TPSA) is 23.5 Å². The molecular formula is C14H21NO. The van der Waals surface area contributed by atoms with Gasteiger partial charge in [-0.3, -0.25) is 4.90 Å². The number of aliphatic hydroxyl groups excluding tert-OH is 1. The summed E-state index contributed by atoms with van der Waals surface area (Å²) >= 11 is 0. The average Bonchev–Trinajstić information content (AvgIpc) is 2.55. The van der Waals surface area contributed by atoms with Crippen molar-refractivity contribution in [2.45, 2.75) is 32.4 Å². The lowest BCUT2D eigenvalue weighted by Gasteiger charge is -2.31. The van der Waals surface area contributed by atoms with E-state index in [0.717, 1.165) is 19.5 Å². The van der Waals surface area contributed by atoms with E-state index in [1.54, 1.807) is 0 Å². The Kier molecular flexibility index (Phi) is 3.31. The van der Waals surface area contributed by atoms with Crippen LogP contribution in [-0.2, 0) is 6.54 Å². The van der Waals surface area contributed by atoms with E-state index >= 15 is 0 Å². The van der Waals surface area contributed by atoms with E-state index in [1.807, 2.05) is 0 Å². The summed E-state index contributed by atoms with van der Waals surface area (Å²) in [5, 5.41) is 9.26. The zero-order valence-corrected chi connectivity index (χ0v) is 10.2. The third-order valence-electron chi connectivity index (χ3n) is 3.60. The summed E-state index contributed by atoms with van der Waals surface area (Å²) in [6, 6.07) is 10.6. The molecule has 16 heavy (non-hydrogen) atoms. The molecule has 0 spiro atoms. The molecule has 1 saturated heterocycles. The second-order valence-electron chi connectivity index (χ2n) is 5.43. The molecule has 0 aliphatic carbocycles. The van der Waals surface area contributed by atoms with Crippen LogP contribution in [-0.4, -0.2) is 28.7 Å². The van der Waals surface area contributed by atoms with Gasteiger partial charge < -0.3 is 5.11 Å². The Morgan fingerprint density at radius 2 is 2.00 bits per heavy atom. The summed E-state index contributed by atoms with van der Waals surface area (Å²) in [6.45, 7) is 6.86. The van der Waals surface area contributed by atoms with Crippen molar-refractivity contribution in [1.82, 2.24) is 4.90 Å². The predicted molar refractivity (Wildman–Crippen MR) is 66.1 cm³/mol. The molecule has 0 saturated carbocycles. The van der Waals surface area contributed by atoms with E-state index in [2.05, 4.69) is 49.1 Å². The highest BCUT2D eigenvalue weighted by atomic mass is 16.3. The first-order valence-corrected chi connectivity index (χ1v) is 6.01. The van der Waals surface area contributed by atoms with Crippen molar-refractivity contribution in [3.63, 3.8) is 0 Å². The molecule has 2 rings (SSSR count). The van der Waals surface area contributed by atoms with Gasteiger partial charge in [0.25, 0.3) is 0 Å². The average molecular weight is 219 g/mol. The monoisotopic (exact) mass is 219 g/mol. The molecule has 1 fully saturated rings. The van der Waals surface area contributed by atoms with Crippen molar-refractivity contribution >= 4 is 0 Å². The van der Waals surface area contributed by atoms with Crippen LogP contribution in [0.2, 0.25) is 0 Å². The van der Waals surface area contributed by atoms with Crippen molar-refractivity contribution in [2.24, 2.45) is 5.92 Å². The summed E-state index contributed by atoms with van der Waals surface area (Å²) < 4.78 is 0. The fraction of sp³-hybridized carbons (Fsp3) is 0.571. The Bertz CT molecular complexity index is 334. The highest BCUT2D eigenvalue weighted by molar-refractivity contribution is 5.15. The van der Waals surface area contributed by atoms with Gasteiger partial charge in [0.05, 0.1) is 0 Å². The van der Waals surface area contributed by atoms with E-state index in [1.165, 1.54) is 5.56 Å². The number of aliphatic hydroxyl groups is 1. The van der Waals surface area contributed by atoms with Crippen LogP contribution in [0.5, 0.6) is 0 Å². The van der Waals surface area contributed by atoms with E-state index in [-0.39, 0.29) is 5.54 Å². The molecule has 1 heterocycles. The molecule has 0 bridgehead atoms. The maximum Gasteiger partial charge on any atom is 0.0472 e. The lowest BCUT2D eigenvalue weighted by Crippen LogP contribution is -2.37. The smallest absolute Gasteiger partial charge is 0.0472 e. The Hall–Kier alpha value is -0.860. The zero-order valence-electron chi connectivity index (χ0n) is 10.2. The van der Waals surface area contributed by atoms with Gasteiger partial charge in [0.15, 0.2) is 0 Å². The maximum atomic E-state index is 9.26. The van der Waals surface area contributed by atoms with E-state index in [4.69, 9.17) is 0 Å². The molecule has 1 aromatic rings. The van der Waals surface area contributed by atoms with Gasteiger partial charge in [-0.1, -0.05) is 30.3 Å². The third-order valence-corrected chi connectivity index (χ3v) is 3.60. The Morgan fingerprint density at radius 3 is 2.56 bits per heavy atom. The number of hydrogen-bond donors (Lipinski definition) is 1. The third kappa shape index (κ3) is 2.45. The van der Waals surface area contributed by atoms with Gasteiger partial charge in [-0.05, 0) is 31.7 Å². The number of hydrogen-bond acceptors (Lipinski definition) is 2. The fourth-order valence-electron chi connectivity index (χ4n) is 2.66. The van der Waals surface area contributed by atoms with Crippen molar-refractivity contribution in [1.29, 1.82) is 0 Å². The Balaban J connectivity index is 2.05. The predicted octanol–water partition coefficient (Wildman–Crippen LogP) is 2.28. The van der Waals surface area contributed by atoms with Crippen molar-refractivity contribution in [3.8, 4) is 0 Å². The van der Waals surface area contributed by atoms with Gasteiger partial charge in [0.1, 0.15) is 0 Å². The number of likely N-dealkylation sites (tertiary alicyclic amines) is 1. The molecule has 1 atom stereocenters. The van der Waals surface area contributed by atoms with Crippen LogP contribution in [0.3, 0.4) is 0 Å². The molecule has 0 aromatic heterocycles. The highest BCUT2D eigenvalue weighted by Gasteiger charge is 2.37. The molecule has 2 heteroatoms. The van der Waals surface area contributed by atoms with Crippen molar-refractivity contribution < 1.29 is 5.11 Å². The van der Waals surface area contributed by atoms with Gasteiger partial charge in [-0.25, -0.2) is 0 Å². The van der Waals surface area contributed by atoms with Crippen LogP contribution in [0.4, 0.5) is 0 Å². The minimum absolute atomic E-state index is 0.212. The molecule has 2 nitrogen and oxygen atoms in total. The summed E-state index contributed by atoms with van der Waals surface area (Å²) in [5.41, 5.74) is 1.57. The standard InChI is InChI=1S/C14H21NO/c1-14(2)8-13(11-16)10-15(14)9-12-6-4-3-5-7-12/h3-7,13,16H,8-11H2,1-2H3/t13-/m1/s1. The number of rotatable bonds is 3. The van der Waals surface area contributed by atoms with Gasteiger partial charge in [-0.15, -0.1) is 0 Å². The van der Waals surface area contributed by atoms with Crippen LogP contribution in [0.1, 0.15) is 25.8 Å². The molecule has 1 aromatic carbocycles. The summed E-state index contributed by atoms with van der Waals surface area (Å²) in [4.78, 5) is 2.48. The van der Waals surface area contributed by atoms with E-state index in [0.29, 0.717) is 12.5 Å². The van der Waals surface area contributed by atoms with Gasteiger partial charge in [0.2, 0.25) is 0 Å².